The first-order valence-electron chi connectivity index (χ1n) is 6.20. The highest BCUT2D eigenvalue weighted by Crippen LogP contribution is 2.40. The van der Waals surface area contributed by atoms with Crippen LogP contribution in [0.4, 0.5) is 4.39 Å². The average Bonchev–Trinajstić information content (AvgIpc) is 2.27. The third kappa shape index (κ3) is 2.27. The van der Waals surface area contributed by atoms with Crippen LogP contribution in [0, 0.1) is 19.7 Å². The maximum absolute atomic E-state index is 14.4. The topological polar surface area (TPSA) is 26.0 Å². The molecule has 0 saturated heterocycles. The lowest BCUT2D eigenvalue weighted by Gasteiger charge is -2.36. The highest BCUT2D eigenvalue weighted by molar-refractivity contribution is 9.10. The second-order valence-electron chi connectivity index (χ2n) is 5.21. The highest BCUT2D eigenvalue weighted by atomic mass is 79.9. The van der Waals surface area contributed by atoms with Crippen LogP contribution in [0.1, 0.15) is 48.8 Å². The minimum absolute atomic E-state index is 0.116. The van der Waals surface area contributed by atoms with Crippen LogP contribution in [-0.4, -0.2) is 0 Å². The SMILES string of the molecule is Cc1cc(Br)c(C)c(C2(N)CCCCC2)c1F. The van der Waals surface area contributed by atoms with E-state index in [9.17, 15) is 4.39 Å². The molecule has 1 aromatic carbocycles. The number of benzene rings is 1. The zero-order valence-electron chi connectivity index (χ0n) is 10.4. The first-order chi connectivity index (χ1) is 7.96. The van der Waals surface area contributed by atoms with E-state index in [-0.39, 0.29) is 5.82 Å². The van der Waals surface area contributed by atoms with Crippen LogP contribution in [0.15, 0.2) is 10.5 Å². The number of hydrogen-bond acceptors (Lipinski definition) is 1. The second kappa shape index (κ2) is 4.69. The predicted molar refractivity (Wildman–Crippen MR) is 72.5 cm³/mol. The molecule has 1 aliphatic rings. The zero-order valence-corrected chi connectivity index (χ0v) is 12.0. The Kier molecular flexibility index (Phi) is 3.60. The predicted octanol–water partition coefficient (Wildman–Crippen LogP) is 4.32. The number of nitrogens with two attached hydrogens (primary N) is 1. The molecule has 17 heavy (non-hydrogen) atoms. The van der Waals surface area contributed by atoms with Gasteiger partial charge in [0.15, 0.2) is 0 Å². The fraction of sp³-hybridized carbons (Fsp3) is 0.571. The normalized spacial score (nSPS) is 19.4. The highest BCUT2D eigenvalue weighted by Gasteiger charge is 2.34. The lowest BCUT2D eigenvalue weighted by atomic mass is 9.75. The summed E-state index contributed by atoms with van der Waals surface area (Å²) < 4.78 is 15.3. The Morgan fingerprint density at radius 2 is 1.82 bits per heavy atom. The largest absolute Gasteiger partial charge is 0.321 e. The molecule has 0 atom stereocenters. The lowest BCUT2D eigenvalue weighted by Crippen LogP contribution is -2.40. The van der Waals surface area contributed by atoms with Crippen molar-refractivity contribution in [1.82, 2.24) is 0 Å². The third-order valence-corrected chi connectivity index (χ3v) is 4.71. The summed E-state index contributed by atoms with van der Waals surface area (Å²) in [6.45, 7) is 3.75. The van der Waals surface area contributed by atoms with Gasteiger partial charge in [-0.3, -0.25) is 0 Å². The van der Waals surface area contributed by atoms with E-state index in [0.29, 0.717) is 5.56 Å². The summed E-state index contributed by atoms with van der Waals surface area (Å²) in [6, 6.07) is 1.83. The van der Waals surface area contributed by atoms with Crippen LogP contribution in [-0.2, 0) is 5.54 Å². The van der Waals surface area contributed by atoms with Gasteiger partial charge in [0.1, 0.15) is 5.82 Å². The van der Waals surface area contributed by atoms with Gasteiger partial charge in [-0.1, -0.05) is 35.2 Å². The molecule has 0 amide bonds. The molecule has 1 aliphatic carbocycles. The summed E-state index contributed by atoms with van der Waals surface area (Å²) in [5.74, 6) is -0.116. The van der Waals surface area contributed by atoms with Gasteiger partial charge in [0.25, 0.3) is 0 Å². The van der Waals surface area contributed by atoms with Crippen LogP contribution in [0.2, 0.25) is 0 Å². The molecular formula is C14H19BrFN. The Hall–Kier alpha value is -0.410. The van der Waals surface area contributed by atoms with E-state index in [4.69, 9.17) is 5.73 Å². The molecule has 0 unspecified atom stereocenters. The third-order valence-electron chi connectivity index (χ3n) is 3.89. The number of rotatable bonds is 1. The zero-order chi connectivity index (χ0) is 12.6. The molecule has 3 heteroatoms. The van der Waals surface area contributed by atoms with E-state index < -0.39 is 5.54 Å². The van der Waals surface area contributed by atoms with Gasteiger partial charge in [0.05, 0.1) is 0 Å². The van der Waals surface area contributed by atoms with Gasteiger partial charge in [0.2, 0.25) is 0 Å². The first-order valence-corrected chi connectivity index (χ1v) is 6.99. The molecule has 94 valence electrons. The van der Waals surface area contributed by atoms with Crippen molar-refractivity contribution in [2.75, 3.05) is 0 Å². The minimum atomic E-state index is -0.471. The van der Waals surface area contributed by atoms with Crippen LogP contribution in [0.5, 0.6) is 0 Å². The van der Waals surface area contributed by atoms with Gasteiger partial charge in [-0.15, -0.1) is 0 Å². The molecule has 1 nitrogen and oxygen atoms in total. The van der Waals surface area contributed by atoms with Crippen LogP contribution >= 0.6 is 15.9 Å². The standard InChI is InChI=1S/C14H19BrFN/c1-9-8-11(15)10(2)12(13(9)16)14(17)6-4-3-5-7-14/h8H,3-7,17H2,1-2H3. The fourth-order valence-corrected chi connectivity index (χ4v) is 3.41. The molecule has 1 saturated carbocycles. The minimum Gasteiger partial charge on any atom is -0.321 e. The van der Waals surface area contributed by atoms with Gasteiger partial charge in [0, 0.05) is 15.6 Å². The van der Waals surface area contributed by atoms with Crippen molar-refractivity contribution in [3.8, 4) is 0 Å². The molecule has 1 aromatic rings. The first kappa shape index (κ1) is 13.0. The monoisotopic (exact) mass is 299 g/mol. The summed E-state index contributed by atoms with van der Waals surface area (Å²) in [4.78, 5) is 0. The fourth-order valence-electron chi connectivity index (χ4n) is 2.87. The van der Waals surface area contributed by atoms with Gasteiger partial charge < -0.3 is 5.73 Å². The molecule has 0 spiro atoms. The molecule has 0 heterocycles. The van der Waals surface area contributed by atoms with E-state index in [1.165, 1.54) is 6.42 Å². The summed E-state index contributed by atoms with van der Waals surface area (Å²) in [5, 5.41) is 0. The Bertz CT molecular complexity index is 410. The summed E-state index contributed by atoms with van der Waals surface area (Å²) in [6.07, 6.45) is 5.19. The van der Waals surface area contributed by atoms with Crippen molar-refractivity contribution >= 4 is 15.9 Å². The van der Waals surface area contributed by atoms with E-state index in [2.05, 4.69) is 15.9 Å². The van der Waals surface area contributed by atoms with Crippen LogP contribution in [0.3, 0.4) is 0 Å². The Morgan fingerprint density at radius 3 is 2.41 bits per heavy atom. The van der Waals surface area contributed by atoms with Crippen molar-refractivity contribution in [3.63, 3.8) is 0 Å². The molecule has 2 rings (SSSR count). The Morgan fingerprint density at radius 1 is 1.24 bits per heavy atom. The van der Waals surface area contributed by atoms with E-state index in [0.717, 1.165) is 41.3 Å². The number of aryl methyl sites for hydroxylation is 1. The Balaban J connectivity index is 2.57. The smallest absolute Gasteiger partial charge is 0.131 e. The quantitative estimate of drug-likeness (QED) is 0.821. The van der Waals surface area contributed by atoms with Crippen molar-refractivity contribution in [2.24, 2.45) is 5.73 Å². The summed E-state index contributed by atoms with van der Waals surface area (Å²) in [5.41, 5.74) is 8.34. The summed E-state index contributed by atoms with van der Waals surface area (Å²) >= 11 is 3.50. The van der Waals surface area contributed by atoms with Gasteiger partial charge in [-0.2, -0.15) is 0 Å². The summed E-state index contributed by atoms with van der Waals surface area (Å²) in [7, 11) is 0. The van der Waals surface area contributed by atoms with Gasteiger partial charge in [-0.25, -0.2) is 4.39 Å². The van der Waals surface area contributed by atoms with Crippen LogP contribution < -0.4 is 5.73 Å². The van der Waals surface area contributed by atoms with E-state index in [1.54, 1.807) is 6.92 Å². The second-order valence-corrected chi connectivity index (χ2v) is 6.06. The molecule has 0 aliphatic heterocycles. The molecule has 0 bridgehead atoms. The van der Waals surface area contributed by atoms with E-state index >= 15 is 0 Å². The molecule has 0 aromatic heterocycles. The lowest BCUT2D eigenvalue weighted by molar-refractivity contribution is 0.291. The molecule has 1 fully saturated rings. The average molecular weight is 300 g/mol. The van der Waals surface area contributed by atoms with E-state index in [1.807, 2.05) is 13.0 Å². The number of hydrogen-bond donors (Lipinski definition) is 1. The molecular weight excluding hydrogens is 281 g/mol. The Labute approximate surface area is 111 Å². The van der Waals surface area contributed by atoms with Crippen LogP contribution in [0.25, 0.3) is 0 Å². The maximum Gasteiger partial charge on any atom is 0.131 e. The maximum atomic E-state index is 14.4. The van der Waals surface area contributed by atoms with Gasteiger partial charge >= 0.3 is 0 Å². The van der Waals surface area contributed by atoms with Gasteiger partial charge in [-0.05, 0) is 43.9 Å². The van der Waals surface area contributed by atoms with Crippen molar-refractivity contribution in [1.29, 1.82) is 0 Å². The van der Waals surface area contributed by atoms with Crippen molar-refractivity contribution in [2.45, 2.75) is 51.5 Å². The van der Waals surface area contributed by atoms with Crippen molar-refractivity contribution in [3.05, 3.63) is 33.0 Å². The van der Waals surface area contributed by atoms with Crippen molar-refractivity contribution < 1.29 is 4.39 Å². The molecule has 0 radical (unpaired) electrons. The number of halogens is 2. The molecule has 2 N–H and O–H groups in total.